The van der Waals surface area contributed by atoms with Crippen LogP contribution >= 0.6 is 11.3 Å². The number of benzene rings is 2. The molecule has 0 N–H and O–H groups in total. The molecule has 0 radical (unpaired) electrons. The zero-order valence-electron chi connectivity index (χ0n) is 17.9. The van der Waals surface area contributed by atoms with Crippen molar-refractivity contribution in [3.8, 4) is 12.3 Å². The molecule has 1 amide bonds. The Morgan fingerprint density at radius 2 is 1.88 bits per heavy atom. The van der Waals surface area contributed by atoms with Crippen LogP contribution < -0.4 is 23.8 Å². The molecule has 0 saturated heterocycles. The Hall–Kier alpha value is -3.01. The van der Waals surface area contributed by atoms with Gasteiger partial charge in [-0.1, -0.05) is 23.1 Å². The summed E-state index contributed by atoms with van der Waals surface area (Å²) in [6, 6.07) is 7.91. The van der Waals surface area contributed by atoms with Crippen molar-refractivity contribution in [2.75, 3.05) is 11.9 Å². The van der Waals surface area contributed by atoms with Gasteiger partial charge in [0, 0.05) is 30.0 Å². The number of hydrogen-bond acceptors (Lipinski definition) is 6. The van der Waals surface area contributed by atoms with Gasteiger partial charge in [-0.15, -0.1) is 11.3 Å². The first kappa shape index (κ1) is 28.0. The van der Waals surface area contributed by atoms with Crippen LogP contribution in [0.4, 0.5) is 14.5 Å². The normalized spacial score (nSPS) is 12.6. The van der Waals surface area contributed by atoms with E-state index in [-0.39, 0.29) is 35.2 Å². The van der Waals surface area contributed by atoms with Crippen LogP contribution in [0.15, 0.2) is 52.9 Å². The van der Waals surface area contributed by atoms with Gasteiger partial charge < -0.3 is 25.7 Å². The van der Waals surface area contributed by atoms with Crippen molar-refractivity contribution in [3.05, 3.63) is 89.6 Å². The molecule has 0 fully saturated rings. The number of likely N-dealkylation sites (N-methyl/N-ethyl adjacent to an activating group) is 1. The summed E-state index contributed by atoms with van der Waals surface area (Å²) >= 11 is 1.42. The number of thiazole rings is 1. The first-order valence-corrected chi connectivity index (χ1v) is 10.8. The van der Waals surface area contributed by atoms with E-state index in [2.05, 4.69) is 25.3 Å². The van der Waals surface area contributed by atoms with Gasteiger partial charge in [0.25, 0.3) is 5.91 Å². The number of nitrogens with zero attached hydrogens (tertiary/aromatic N) is 2. The number of anilines is 1. The van der Waals surface area contributed by atoms with Gasteiger partial charge in [0.1, 0.15) is 10.8 Å². The van der Waals surface area contributed by atoms with E-state index in [1.54, 1.807) is 25.4 Å². The summed E-state index contributed by atoms with van der Waals surface area (Å²) in [5.41, 5.74) is 2.00. The van der Waals surface area contributed by atoms with Gasteiger partial charge >= 0.3 is 18.9 Å². The molecular weight excluding hydrogens is 461 g/mol. The third-order valence-corrected chi connectivity index (χ3v) is 5.44. The summed E-state index contributed by atoms with van der Waals surface area (Å²) in [6.07, 6.45) is 7.83. The minimum absolute atomic E-state index is 0. The molecule has 1 aliphatic rings. The maximum absolute atomic E-state index is 12.3. The van der Waals surface area contributed by atoms with Crippen molar-refractivity contribution >= 4 is 45.3 Å². The van der Waals surface area contributed by atoms with Crippen LogP contribution in [0.1, 0.15) is 16.1 Å². The summed E-state index contributed by atoms with van der Waals surface area (Å²) in [5.74, 6) is 0.666. The zero-order chi connectivity index (χ0) is 23.8. The summed E-state index contributed by atoms with van der Waals surface area (Å²) < 4.78 is 46.5. The number of halogens is 2. The minimum atomic E-state index is -2.32. The molecule has 1 aromatic heterocycles. The van der Waals surface area contributed by atoms with Gasteiger partial charge in [-0.05, 0) is 28.9 Å². The first-order chi connectivity index (χ1) is 15.2. The summed E-state index contributed by atoms with van der Waals surface area (Å²) in [7, 11) is -0.653. The van der Waals surface area contributed by atoms with Crippen LogP contribution in [0.2, 0.25) is 0 Å². The summed E-state index contributed by atoms with van der Waals surface area (Å²) in [5, 5.41) is 2.53. The van der Waals surface area contributed by atoms with Gasteiger partial charge in [0.15, 0.2) is 0 Å². The molecule has 2 aromatic carbocycles. The fourth-order valence-electron chi connectivity index (χ4n) is 2.62. The second-order valence-corrected chi connectivity index (χ2v) is 8.01. The number of carbonyl (C=O) groups is 1. The molecule has 4 rings (SSSR count). The standard InChI is InChI=1S/C13H9N2O3S2.C7H5F2.C3H3.Li/c1-15-11-3-2-8(20(17)18)6-9(11)10(13(15)16)7-12-14-4-5-19-12;1-5-2-3-6(8)4-7(5)9;1-3-2;/h2-7H,1H3;2-4H,1H2;1H,2H2;/q3*-1;+1/b10-7+;;;. The number of fused-ring (bicyclic) bond motifs is 1. The van der Waals surface area contributed by atoms with Crippen LogP contribution in [0, 0.1) is 37.8 Å². The van der Waals surface area contributed by atoms with Crippen molar-refractivity contribution in [3.63, 3.8) is 0 Å². The first-order valence-electron chi connectivity index (χ1n) is 8.82. The number of amides is 1. The Morgan fingerprint density at radius 3 is 2.39 bits per heavy atom. The van der Waals surface area contributed by atoms with E-state index in [9.17, 15) is 22.0 Å². The topological polar surface area (TPSA) is 67.3 Å². The molecule has 1 aliphatic heterocycles. The van der Waals surface area contributed by atoms with E-state index in [4.69, 9.17) is 0 Å². The second-order valence-electron chi connectivity index (χ2n) is 6.15. The van der Waals surface area contributed by atoms with E-state index in [1.807, 2.05) is 11.3 Å². The molecule has 0 saturated carbocycles. The van der Waals surface area contributed by atoms with Crippen LogP contribution in [0.3, 0.4) is 0 Å². The van der Waals surface area contributed by atoms with Crippen molar-refractivity contribution in [2.24, 2.45) is 0 Å². The molecule has 0 unspecified atom stereocenters. The van der Waals surface area contributed by atoms with E-state index in [1.165, 1.54) is 40.5 Å². The maximum Gasteiger partial charge on any atom is 1.00 e. The van der Waals surface area contributed by atoms with E-state index >= 15 is 0 Å². The molecular formula is C23H17F2LiN2O3S2-2. The van der Waals surface area contributed by atoms with Gasteiger partial charge in [0.2, 0.25) is 0 Å². The largest absolute Gasteiger partial charge is 1.00 e. The molecule has 166 valence electrons. The Balaban J connectivity index is 0.000000352. The smallest absolute Gasteiger partial charge is 0.420 e. The molecule has 0 aliphatic carbocycles. The average molecular weight is 478 g/mol. The molecule has 5 nitrogen and oxygen atoms in total. The minimum Gasteiger partial charge on any atom is -0.420 e. The van der Waals surface area contributed by atoms with Gasteiger partial charge in [-0.25, -0.2) is 9.37 Å². The molecule has 33 heavy (non-hydrogen) atoms. The Labute approximate surface area is 209 Å². The van der Waals surface area contributed by atoms with Crippen LogP contribution in [0.25, 0.3) is 11.6 Å². The SMILES string of the molecule is C#C[CH2-].CN1C(=O)/C(=C/c2nccs2)c2cc([S-](=O)=O)ccc21.[CH2-]c1ccc(F)cc1F.[Li+]. The molecule has 0 bridgehead atoms. The average Bonchev–Trinajstić information content (AvgIpc) is 3.35. The molecule has 0 spiro atoms. The predicted molar refractivity (Wildman–Crippen MR) is 122 cm³/mol. The van der Waals surface area contributed by atoms with Crippen LogP contribution in [-0.2, 0) is 23.9 Å². The fraction of sp³-hybridized carbons (Fsp3) is 0.0435. The Morgan fingerprint density at radius 1 is 1.21 bits per heavy atom. The molecule has 0 atom stereocenters. The number of carbonyl (C=O) groups excluding carboxylic acids is 1. The molecule has 3 aromatic rings. The third kappa shape index (κ3) is 7.24. The van der Waals surface area contributed by atoms with Crippen molar-refractivity contribution in [2.45, 2.75) is 4.90 Å². The number of terminal acetylenes is 1. The second kappa shape index (κ2) is 12.9. The third-order valence-electron chi connectivity index (χ3n) is 4.08. The molecule has 10 heteroatoms. The van der Waals surface area contributed by atoms with Crippen LogP contribution in [0.5, 0.6) is 0 Å². The maximum atomic E-state index is 12.3. The number of rotatable bonds is 2. The Kier molecular flexibility index (Phi) is 10.9. The Bertz CT molecular complexity index is 1260. The van der Waals surface area contributed by atoms with Crippen molar-refractivity contribution in [1.82, 2.24) is 4.98 Å². The van der Waals surface area contributed by atoms with Crippen LogP contribution in [-0.4, -0.2) is 17.9 Å². The van der Waals surface area contributed by atoms with E-state index < -0.39 is 22.3 Å². The number of aromatic nitrogens is 1. The van der Waals surface area contributed by atoms with Gasteiger partial charge in [-0.3, -0.25) is 9.18 Å². The quantitative estimate of drug-likeness (QED) is 0.186. The monoisotopic (exact) mass is 478 g/mol. The summed E-state index contributed by atoms with van der Waals surface area (Å²) in [6.45, 7) is 6.33. The van der Waals surface area contributed by atoms with Gasteiger partial charge in [0.05, 0.1) is 11.3 Å². The van der Waals surface area contributed by atoms with Crippen molar-refractivity contribution in [1.29, 1.82) is 0 Å². The summed E-state index contributed by atoms with van der Waals surface area (Å²) in [4.78, 5) is 18.0. The fourth-order valence-corrected chi connectivity index (χ4v) is 3.58. The van der Waals surface area contributed by atoms with Gasteiger partial charge in [-0.2, -0.15) is 25.5 Å². The van der Waals surface area contributed by atoms with E-state index in [0.717, 1.165) is 6.07 Å². The van der Waals surface area contributed by atoms with E-state index in [0.29, 0.717) is 21.8 Å². The molecule has 2 heterocycles. The number of hydrogen-bond donors (Lipinski definition) is 0. The zero-order valence-corrected chi connectivity index (χ0v) is 19.5. The van der Waals surface area contributed by atoms with Crippen molar-refractivity contribution < 1.29 is 40.9 Å². The predicted octanol–water partition coefficient (Wildman–Crippen LogP) is 1.93.